The van der Waals surface area contributed by atoms with Gasteiger partial charge in [0, 0.05) is 25.7 Å². The maximum atomic E-state index is 13.1. The Balaban J connectivity index is 5.40. The molecule has 0 fully saturated rings. The van der Waals surface area contributed by atoms with E-state index in [0.29, 0.717) is 32.1 Å². The third-order valence-electron chi connectivity index (χ3n) is 17.3. The Bertz CT molecular complexity index is 2260. The van der Waals surface area contributed by atoms with Crippen molar-refractivity contribution in [1.29, 1.82) is 0 Å². The molecule has 0 saturated heterocycles. The molecule has 102 heavy (non-hydrogen) atoms. The Morgan fingerprint density at radius 1 is 0.275 bits per heavy atom. The van der Waals surface area contributed by atoms with Gasteiger partial charge in [-0.2, -0.15) is 0 Å². The second-order valence-corrected chi connectivity index (χ2v) is 30.3. The van der Waals surface area contributed by atoms with Crippen molar-refractivity contribution in [2.45, 2.75) is 380 Å². The van der Waals surface area contributed by atoms with Gasteiger partial charge >= 0.3 is 39.5 Å². The topological polar surface area (TPSA) is 237 Å². The van der Waals surface area contributed by atoms with Gasteiger partial charge < -0.3 is 33.8 Å². The van der Waals surface area contributed by atoms with E-state index in [-0.39, 0.29) is 25.7 Å². The summed E-state index contributed by atoms with van der Waals surface area (Å²) in [6.45, 7) is 4.79. The Kier molecular flexibility index (Phi) is 72.7. The van der Waals surface area contributed by atoms with Crippen LogP contribution in [0.3, 0.4) is 0 Å². The van der Waals surface area contributed by atoms with Gasteiger partial charge in [-0.3, -0.25) is 37.3 Å². The number of aliphatic hydroxyl groups excluding tert-OH is 1. The molecule has 0 spiro atoms. The van der Waals surface area contributed by atoms with E-state index in [1.54, 1.807) is 0 Å². The summed E-state index contributed by atoms with van der Waals surface area (Å²) in [7, 11) is -9.97. The molecule has 0 rings (SSSR count). The summed E-state index contributed by atoms with van der Waals surface area (Å²) >= 11 is 0. The van der Waals surface area contributed by atoms with Crippen LogP contribution in [0.4, 0.5) is 0 Å². The minimum atomic E-state index is -4.99. The Labute approximate surface area is 621 Å². The molecule has 2 unspecified atom stereocenters. The normalized spacial score (nSPS) is 14.3. The van der Waals surface area contributed by atoms with Crippen LogP contribution < -0.4 is 0 Å². The molecule has 0 aliphatic rings. The molecular weight excluding hydrogens is 1330 g/mol. The van der Waals surface area contributed by atoms with Crippen molar-refractivity contribution in [1.82, 2.24) is 0 Å². The second kappa shape index (κ2) is 75.5. The predicted octanol–water partition coefficient (Wildman–Crippen LogP) is 23.8. The zero-order valence-corrected chi connectivity index (χ0v) is 66.6. The van der Waals surface area contributed by atoms with Crippen LogP contribution in [0.2, 0.25) is 0 Å². The van der Waals surface area contributed by atoms with Crippen LogP contribution in [0.5, 0.6) is 0 Å². The Hall–Kier alpha value is -3.76. The van der Waals surface area contributed by atoms with E-state index in [2.05, 4.69) is 101 Å². The first-order chi connectivity index (χ1) is 49.7. The lowest BCUT2D eigenvalue weighted by Gasteiger charge is -2.21. The number of carbonyl (C=O) groups is 4. The van der Waals surface area contributed by atoms with Gasteiger partial charge in [-0.05, 0) is 141 Å². The molecule has 0 aliphatic carbocycles. The summed E-state index contributed by atoms with van der Waals surface area (Å²) in [5.74, 6) is -2.24. The monoisotopic (exact) mass is 1480 g/mol. The molecule has 0 aromatic heterocycles. The maximum absolute atomic E-state index is 13.1. The van der Waals surface area contributed by atoms with Gasteiger partial charge in [0.1, 0.15) is 19.3 Å². The fourth-order valence-electron chi connectivity index (χ4n) is 11.0. The van der Waals surface area contributed by atoms with Crippen molar-refractivity contribution in [3.63, 3.8) is 0 Å². The van der Waals surface area contributed by atoms with Crippen LogP contribution in [0.15, 0.2) is 85.1 Å². The number of hydrogen-bond acceptors (Lipinski definition) is 15. The molecule has 0 heterocycles. The summed E-state index contributed by atoms with van der Waals surface area (Å²) in [5.41, 5.74) is 0. The van der Waals surface area contributed by atoms with Crippen molar-refractivity contribution in [3.05, 3.63) is 85.1 Å². The summed E-state index contributed by atoms with van der Waals surface area (Å²) in [5, 5.41) is 10.6. The molecule has 5 atom stereocenters. The van der Waals surface area contributed by atoms with Crippen molar-refractivity contribution in [3.8, 4) is 0 Å². The first-order valence-electron chi connectivity index (χ1n) is 40.8. The average Bonchev–Trinajstić information content (AvgIpc) is 0.923. The van der Waals surface area contributed by atoms with Crippen LogP contribution >= 0.6 is 15.6 Å². The molecule has 0 aliphatic heterocycles. The van der Waals surface area contributed by atoms with E-state index in [4.69, 9.17) is 37.0 Å². The number of carbonyl (C=O) groups excluding carboxylic acids is 4. The highest BCUT2D eigenvalue weighted by molar-refractivity contribution is 7.47. The average molecular weight is 1480 g/mol. The highest BCUT2D eigenvalue weighted by Crippen LogP contribution is 2.45. The molecule has 0 bridgehead atoms. The quantitative estimate of drug-likeness (QED) is 0.0169. The minimum Gasteiger partial charge on any atom is -0.462 e. The molecular formula is C83H148O17P2. The predicted molar refractivity (Wildman–Crippen MR) is 418 cm³/mol. The number of aliphatic hydroxyl groups is 1. The van der Waals surface area contributed by atoms with E-state index in [1.807, 2.05) is 12.2 Å². The van der Waals surface area contributed by atoms with E-state index in [9.17, 15) is 43.2 Å². The van der Waals surface area contributed by atoms with E-state index in [1.165, 1.54) is 122 Å². The van der Waals surface area contributed by atoms with Crippen molar-refractivity contribution in [2.24, 2.45) is 0 Å². The third-order valence-corrected chi connectivity index (χ3v) is 19.2. The highest BCUT2D eigenvalue weighted by atomic mass is 31.2. The van der Waals surface area contributed by atoms with Crippen LogP contribution in [-0.2, 0) is 65.4 Å². The standard InChI is InChI=1S/C83H148O17P2/c1-5-9-13-17-21-25-29-33-37-38-42-44-48-52-56-60-64-68-81(86)94-74-79(100-83(88)70-66-62-58-54-50-46-41-36-32-28-24-20-16-12-8-4)76-98-102(91,92)96-72-77(84)71-95-101(89,90)97-75-78(99-82(87)69-65-61-57-53-49-45-40-35-31-27-23-19-15-11-7-3)73-93-80(85)67-63-59-55-51-47-43-39-34-30-26-22-18-14-10-6-2/h21,25,27,31,33-34,36-37,39,41-42,44,52,56,77-79,84H,5-20,22-24,26,28-30,32,35,38,40,43,45-51,53-55,57-76H2,1-4H3,(H,89,90)(H,91,92)/b25-21-,31-27-,37-33-,39-34-,41-36-,44-42-,56-52-/t77-,78+,79+/m0/s1. The van der Waals surface area contributed by atoms with Gasteiger partial charge in [0.2, 0.25) is 0 Å². The number of allylic oxidation sites excluding steroid dienone is 14. The van der Waals surface area contributed by atoms with Crippen LogP contribution in [0.25, 0.3) is 0 Å². The SMILES string of the molecule is CCCCC/C=C\C/C=C\C/C=C\C/C=C\CCCC(=O)OC[C@H](COP(=O)(O)OC[C@@H](O)COP(=O)(O)OC[C@@H](COC(=O)CCCCCCC/C=C\CCCCCCCC)OC(=O)CCCCCCCCC/C=C\CCCCCC)OC(=O)CCCCCCC/C=C\CCCCCCCC. The van der Waals surface area contributed by atoms with Gasteiger partial charge in [0.25, 0.3) is 0 Å². The fraction of sp³-hybridized carbons (Fsp3) is 0.783. The summed E-state index contributed by atoms with van der Waals surface area (Å²) in [4.78, 5) is 73.0. The van der Waals surface area contributed by atoms with Gasteiger partial charge in [0.05, 0.1) is 26.4 Å². The number of unbranched alkanes of at least 4 members (excludes halogenated alkanes) is 37. The molecule has 17 nitrogen and oxygen atoms in total. The summed E-state index contributed by atoms with van der Waals surface area (Å²) in [6.07, 6.45) is 78.4. The Morgan fingerprint density at radius 3 is 0.814 bits per heavy atom. The molecule has 0 radical (unpaired) electrons. The van der Waals surface area contributed by atoms with Crippen LogP contribution in [0, 0.1) is 0 Å². The zero-order valence-electron chi connectivity index (χ0n) is 64.8. The number of phosphoric acid groups is 2. The highest BCUT2D eigenvalue weighted by Gasteiger charge is 2.30. The van der Waals surface area contributed by atoms with Gasteiger partial charge in [-0.1, -0.05) is 280 Å². The molecule has 0 aromatic carbocycles. The number of ether oxygens (including phenoxy) is 4. The van der Waals surface area contributed by atoms with E-state index < -0.39 is 97.5 Å². The zero-order chi connectivity index (χ0) is 74.6. The molecule has 0 aromatic rings. The molecule has 0 amide bonds. The van der Waals surface area contributed by atoms with Gasteiger partial charge in [0.15, 0.2) is 12.2 Å². The number of phosphoric ester groups is 2. The van der Waals surface area contributed by atoms with Gasteiger partial charge in [-0.15, -0.1) is 0 Å². The lowest BCUT2D eigenvalue weighted by molar-refractivity contribution is -0.161. The minimum absolute atomic E-state index is 0.0749. The van der Waals surface area contributed by atoms with E-state index in [0.717, 1.165) is 154 Å². The van der Waals surface area contributed by atoms with Gasteiger partial charge in [-0.25, -0.2) is 9.13 Å². The molecule has 592 valence electrons. The number of hydrogen-bond donors (Lipinski definition) is 3. The Morgan fingerprint density at radius 2 is 0.490 bits per heavy atom. The van der Waals surface area contributed by atoms with Crippen molar-refractivity contribution >= 4 is 39.5 Å². The molecule has 19 heteroatoms. The first-order valence-corrected chi connectivity index (χ1v) is 43.8. The number of rotatable bonds is 77. The second-order valence-electron chi connectivity index (χ2n) is 27.3. The maximum Gasteiger partial charge on any atom is 0.472 e. The number of esters is 4. The van der Waals surface area contributed by atoms with Crippen LogP contribution in [0.1, 0.15) is 362 Å². The lowest BCUT2D eigenvalue weighted by atomic mass is 10.1. The summed E-state index contributed by atoms with van der Waals surface area (Å²) in [6, 6.07) is 0. The molecule has 3 N–H and O–H groups in total. The fourth-order valence-corrected chi connectivity index (χ4v) is 12.6. The first kappa shape index (κ1) is 98.2. The third kappa shape index (κ3) is 74.5. The van der Waals surface area contributed by atoms with E-state index >= 15 is 0 Å². The largest absolute Gasteiger partial charge is 0.472 e. The summed E-state index contributed by atoms with van der Waals surface area (Å²) < 4.78 is 68.6. The van der Waals surface area contributed by atoms with Crippen molar-refractivity contribution in [2.75, 3.05) is 39.6 Å². The van der Waals surface area contributed by atoms with Crippen LogP contribution in [-0.4, -0.2) is 96.7 Å². The van der Waals surface area contributed by atoms with Crippen molar-refractivity contribution < 1.29 is 80.2 Å². The smallest absolute Gasteiger partial charge is 0.462 e. The lowest BCUT2D eigenvalue weighted by Crippen LogP contribution is -2.30. The molecule has 0 saturated carbocycles.